The average Bonchev–Trinajstić information content (AvgIpc) is 2.39. The number of carbonyl (C=O) groups excluding carboxylic acids is 1. The van der Waals surface area contributed by atoms with Gasteiger partial charge in [-0.15, -0.1) is 0 Å². The van der Waals surface area contributed by atoms with Crippen LogP contribution in [0.3, 0.4) is 0 Å². The lowest BCUT2D eigenvalue weighted by atomic mass is 10.1. The van der Waals surface area contributed by atoms with Crippen molar-refractivity contribution >= 4 is 39.1 Å². The number of anilines is 1. The van der Waals surface area contributed by atoms with Crippen molar-refractivity contribution in [2.24, 2.45) is 5.73 Å². The first-order valence-electron chi connectivity index (χ1n) is 5.74. The van der Waals surface area contributed by atoms with Crippen molar-refractivity contribution in [1.82, 2.24) is 0 Å². The monoisotopic (exact) mass is 356 g/mol. The standard InChI is InChI=1S/C14H11BrClFN2O/c15-10-2-4-13(11(16)6-10)19-7-9-5-8(14(18)20)1-3-12(9)17/h1-6,19H,7H2,(H2,18,20). The third-order valence-electron chi connectivity index (χ3n) is 2.73. The van der Waals surface area contributed by atoms with Crippen LogP contribution in [0.2, 0.25) is 5.02 Å². The smallest absolute Gasteiger partial charge is 0.248 e. The number of nitrogens with two attached hydrogens (primary N) is 1. The van der Waals surface area contributed by atoms with Crippen LogP contribution in [0.15, 0.2) is 40.9 Å². The van der Waals surface area contributed by atoms with E-state index in [1.54, 1.807) is 12.1 Å². The molecule has 0 aliphatic carbocycles. The number of hydrogen-bond acceptors (Lipinski definition) is 2. The Labute approximate surface area is 129 Å². The molecule has 0 saturated heterocycles. The van der Waals surface area contributed by atoms with Gasteiger partial charge in [0.05, 0.1) is 10.7 Å². The first kappa shape index (κ1) is 14.8. The third kappa shape index (κ3) is 3.49. The molecule has 2 aromatic rings. The highest BCUT2D eigenvalue weighted by molar-refractivity contribution is 9.10. The van der Waals surface area contributed by atoms with E-state index < -0.39 is 11.7 Å². The van der Waals surface area contributed by atoms with Crippen LogP contribution in [0.25, 0.3) is 0 Å². The predicted molar refractivity (Wildman–Crippen MR) is 81.4 cm³/mol. The maximum atomic E-state index is 13.7. The Morgan fingerprint density at radius 2 is 2.05 bits per heavy atom. The number of halogens is 3. The third-order valence-corrected chi connectivity index (χ3v) is 3.54. The minimum absolute atomic E-state index is 0.203. The number of carbonyl (C=O) groups is 1. The van der Waals surface area contributed by atoms with Gasteiger partial charge in [-0.05, 0) is 36.4 Å². The molecule has 6 heteroatoms. The van der Waals surface area contributed by atoms with Crippen LogP contribution in [-0.4, -0.2) is 5.91 Å². The molecule has 3 N–H and O–H groups in total. The first-order valence-corrected chi connectivity index (χ1v) is 6.91. The molecule has 0 spiro atoms. The molecule has 0 aromatic heterocycles. The molecule has 0 aliphatic heterocycles. The molecule has 1 amide bonds. The summed E-state index contributed by atoms with van der Waals surface area (Å²) in [6.07, 6.45) is 0. The lowest BCUT2D eigenvalue weighted by Gasteiger charge is -2.10. The zero-order valence-electron chi connectivity index (χ0n) is 10.3. The van der Waals surface area contributed by atoms with E-state index in [0.29, 0.717) is 16.3 Å². The summed E-state index contributed by atoms with van der Waals surface area (Å²) in [6.45, 7) is 0.203. The van der Waals surface area contributed by atoms with Gasteiger partial charge in [-0.25, -0.2) is 4.39 Å². The number of nitrogens with one attached hydrogen (secondary N) is 1. The Balaban J connectivity index is 2.18. The SMILES string of the molecule is NC(=O)c1ccc(F)c(CNc2ccc(Br)cc2Cl)c1. The van der Waals surface area contributed by atoms with Crippen LogP contribution in [0, 0.1) is 5.82 Å². The van der Waals surface area contributed by atoms with E-state index in [2.05, 4.69) is 21.2 Å². The minimum atomic E-state index is -0.590. The summed E-state index contributed by atoms with van der Waals surface area (Å²) >= 11 is 9.36. The second-order valence-corrected chi connectivity index (χ2v) is 5.47. The lowest BCUT2D eigenvalue weighted by Crippen LogP contribution is -2.12. The van der Waals surface area contributed by atoms with Crippen LogP contribution in [-0.2, 0) is 6.54 Å². The predicted octanol–water partition coefficient (Wildman–Crippen LogP) is 3.95. The second-order valence-electron chi connectivity index (χ2n) is 4.15. The van der Waals surface area contributed by atoms with E-state index in [4.69, 9.17) is 17.3 Å². The highest BCUT2D eigenvalue weighted by atomic mass is 79.9. The highest BCUT2D eigenvalue weighted by Crippen LogP contribution is 2.26. The van der Waals surface area contributed by atoms with Crippen molar-refractivity contribution in [3.8, 4) is 0 Å². The Bertz CT molecular complexity index is 664. The molecular formula is C14H11BrClFN2O. The largest absolute Gasteiger partial charge is 0.380 e. The molecule has 20 heavy (non-hydrogen) atoms. The van der Waals surface area contributed by atoms with Gasteiger partial charge in [0.15, 0.2) is 0 Å². The molecule has 0 radical (unpaired) electrons. The summed E-state index contributed by atoms with van der Waals surface area (Å²) in [5, 5.41) is 3.54. The first-order chi connectivity index (χ1) is 9.47. The van der Waals surface area contributed by atoms with Crippen molar-refractivity contribution in [2.75, 3.05) is 5.32 Å². The Hall–Kier alpha value is -1.59. The Morgan fingerprint density at radius 1 is 1.30 bits per heavy atom. The summed E-state index contributed by atoms with van der Waals surface area (Å²) in [6, 6.07) is 9.35. The fourth-order valence-corrected chi connectivity index (χ4v) is 2.43. The Morgan fingerprint density at radius 3 is 2.70 bits per heavy atom. The van der Waals surface area contributed by atoms with Gasteiger partial charge in [-0.1, -0.05) is 27.5 Å². The lowest BCUT2D eigenvalue weighted by molar-refractivity contribution is 0.1000. The molecule has 3 nitrogen and oxygen atoms in total. The van der Waals surface area contributed by atoms with E-state index in [9.17, 15) is 9.18 Å². The van der Waals surface area contributed by atoms with E-state index in [-0.39, 0.29) is 12.1 Å². The second kappa shape index (κ2) is 6.24. The summed E-state index contributed by atoms with van der Waals surface area (Å²) in [5.41, 5.74) is 6.47. The van der Waals surface area contributed by atoms with Gasteiger partial charge >= 0.3 is 0 Å². The maximum absolute atomic E-state index is 13.7. The van der Waals surface area contributed by atoms with Gasteiger partial charge in [0.1, 0.15) is 5.82 Å². The molecule has 0 atom stereocenters. The van der Waals surface area contributed by atoms with Crippen molar-refractivity contribution in [2.45, 2.75) is 6.54 Å². The van der Waals surface area contributed by atoms with E-state index >= 15 is 0 Å². The van der Waals surface area contributed by atoms with Gasteiger partial charge in [-0.2, -0.15) is 0 Å². The highest BCUT2D eigenvalue weighted by Gasteiger charge is 2.08. The maximum Gasteiger partial charge on any atom is 0.248 e. The van der Waals surface area contributed by atoms with Gasteiger partial charge < -0.3 is 11.1 Å². The minimum Gasteiger partial charge on any atom is -0.380 e. The quantitative estimate of drug-likeness (QED) is 0.870. The fraction of sp³-hybridized carbons (Fsp3) is 0.0714. The average molecular weight is 358 g/mol. The number of hydrogen-bond donors (Lipinski definition) is 2. The summed E-state index contributed by atoms with van der Waals surface area (Å²) in [5.74, 6) is -0.997. The van der Waals surface area contributed by atoms with Crippen LogP contribution < -0.4 is 11.1 Å². The number of benzene rings is 2. The van der Waals surface area contributed by atoms with Crippen LogP contribution in [0.1, 0.15) is 15.9 Å². The molecule has 0 saturated carbocycles. The normalized spacial score (nSPS) is 10.3. The molecule has 0 fully saturated rings. The van der Waals surface area contributed by atoms with Crippen molar-refractivity contribution in [3.63, 3.8) is 0 Å². The molecule has 2 aromatic carbocycles. The molecule has 0 bridgehead atoms. The van der Waals surface area contributed by atoms with E-state index in [1.165, 1.54) is 18.2 Å². The molecule has 0 unspecified atom stereocenters. The number of amides is 1. The van der Waals surface area contributed by atoms with Crippen molar-refractivity contribution in [3.05, 3.63) is 62.8 Å². The molecule has 104 valence electrons. The van der Waals surface area contributed by atoms with Crippen molar-refractivity contribution < 1.29 is 9.18 Å². The summed E-state index contributed by atoms with van der Waals surface area (Å²) < 4.78 is 14.5. The van der Waals surface area contributed by atoms with Crippen LogP contribution >= 0.6 is 27.5 Å². The van der Waals surface area contributed by atoms with Gasteiger partial charge in [0.25, 0.3) is 0 Å². The van der Waals surface area contributed by atoms with Crippen LogP contribution in [0.5, 0.6) is 0 Å². The summed E-state index contributed by atoms with van der Waals surface area (Å²) in [7, 11) is 0. The molecule has 0 aliphatic rings. The number of rotatable bonds is 4. The van der Waals surface area contributed by atoms with Crippen LogP contribution in [0.4, 0.5) is 10.1 Å². The van der Waals surface area contributed by atoms with Crippen molar-refractivity contribution in [1.29, 1.82) is 0 Å². The molecule has 0 heterocycles. The number of primary amides is 1. The zero-order valence-corrected chi connectivity index (χ0v) is 12.6. The van der Waals surface area contributed by atoms with E-state index in [0.717, 1.165) is 4.47 Å². The fourth-order valence-electron chi connectivity index (χ4n) is 1.69. The van der Waals surface area contributed by atoms with Gasteiger partial charge in [0, 0.05) is 22.1 Å². The summed E-state index contributed by atoms with van der Waals surface area (Å²) in [4.78, 5) is 11.1. The zero-order chi connectivity index (χ0) is 14.7. The van der Waals surface area contributed by atoms with Gasteiger partial charge in [0.2, 0.25) is 5.91 Å². The molecular weight excluding hydrogens is 347 g/mol. The van der Waals surface area contributed by atoms with E-state index in [1.807, 2.05) is 6.07 Å². The Kier molecular flexibility index (Phi) is 4.62. The topological polar surface area (TPSA) is 55.1 Å². The molecule has 2 rings (SSSR count). The van der Waals surface area contributed by atoms with Gasteiger partial charge in [-0.3, -0.25) is 4.79 Å².